The van der Waals surface area contributed by atoms with Crippen molar-refractivity contribution in [3.8, 4) is 11.5 Å². The van der Waals surface area contributed by atoms with Gasteiger partial charge in [-0.15, -0.1) is 22.0 Å². The standard InChI is InChI=1S/C23H19N3O3S2/c1-15-17(11-12-28-15)22-24-25-23(29-22)31-14-21(27)26-18-9-5-6-10-20(18)30-13-19(26)16-7-3-2-4-8-16/h2-12,19H,13-14H2,1H3/t19-/m1/s1. The SMILES string of the molecule is Cc1occc1-c1nnc(SCC(=O)N2c3ccccc3SC[C@@H]2c2ccccc2)o1. The first-order valence-corrected chi connectivity index (χ1v) is 11.8. The van der Waals surface area contributed by atoms with Crippen LogP contribution in [0.25, 0.3) is 11.5 Å². The average Bonchev–Trinajstić information content (AvgIpc) is 3.46. The molecule has 2 aromatic carbocycles. The molecule has 1 aliphatic heterocycles. The van der Waals surface area contributed by atoms with E-state index in [0.29, 0.717) is 16.9 Å². The molecule has 0 aliphatic carbocycles. The molecular formula is C23H19N3O3S2. The third-order valence-corrected chi connectivity index (χ3v) is 7.04. The number of amides is 1. The minimum absolute atomic E-state index is 0.00541. The van der Waals surface area contributed by atoms with Crippen molar-refractivity contribution >= 4 is 35.1 Å². The molecule has 1 aliphatic rings. The lowest BCUT2D eigenvalue weighted by Crippen LogP contribution is -2.39. The van der Waals surface area contributed by atoms with Crippen molar-refractivity contribution in [2.24, 2.45) is 0 Å². The van der Waals surface area contributed by atoms with Crippen molar-refractivity contribution in [2.75, 3.05) is 16.4 Å². The normalized spacial score (nSPS) is 15.6. The summed E-state index contributed by atoms with van der Waals surface area (Å²) in [4.78, 5) is 16.4. The molecule has 1 atom stereocenters. The molecule has 0 spiro atoms. The van der Waals surface area contributed by atoms with E-state index in [-0.39, 0.29) is 17.7 Å². The summed E-state index contributed by atoms with van der Waals surface area (Å²) in [5.41, 5.74) is 2.83. The number of carbonyl (C=O) groups is 1. The van der Waals surface area contributed by atoms with Crippen LogP contribution in [-0.2, 0) is 4.79 Å². The number of aromatic nitrogens is 2. The number of aryl methyl sites for hydroxylation is 1. The van der Waals surface area contributed by atoms with Gasteiger partial charge < -0.3 is 13.7 Å². The summed E-state index contributed by atoms with van der Waals surface area (Å²) < 4.78 is 11.0. The van der Waals surface area contributed by atoms with Crippen molar-refractivity contribution < 1.29 is 13.6 Å². The van der Waals surface area contributed by atoms with Crippen LogP contribution in [-0.4, -0.2) is 27.6 Å². The molecule has 2 aromatic heterocycles. The maximum absolute atomic E-state index is 13.4. The maximum Gasteiger partial charge on any atom is 0.277 e. The highest BCUT2D eigenvalue weighted by Gasteiger charge is 2.32. The van der Waals surface area contributed by atoms with Crippen LogP contribution in [0.1, 0.15) is 17.4 Å². The molecule has 0 N–H and O–H groups in total. The van der Waals surface area contributed by atoms with Gasteiger partial charge in [-0.2, -0.15) is 0 Å². The van der Waals surface area contributed by atoms with Crippen molar-refractivity contribution in [2.45, 2.75) is 23.1 Å². The Hall–Kier alpha value is -2.97. The van der Waals surface area contributed by atoms with E-state index in [9.17, 15) is 4.79 Å². The minimum atomic E-state index is -0.0268. The molecule has 8 heteroatoms. The van der Waals surface area contributed by atoms with Crippen LogP contribution in [0.5, 0.6) is 0 Å². The lowest BCUT2D eigenvalue weighted by Gasteiger charge is -2.37. The van der Waals surface area contributed by atoms with Crippen LogP contribution in [0.15, 0.2) is 85.9 Å². The smallest absolute Gasteiger partial charge is 0.277 e. The molecule has 1 amide bonds. The summed E-state index contributed by atoms with van der Waals surface area (Å²) in [5.74, 6) is 2.12. The lowest BCUT2D eigenvalue weighted by atomic mass is 10.1. The number of fused-ring (bicyclic) bond motifs is 1. The first kappa shape index (κ1) is 20.0. The van der Waals surface area contributed by atoms with Gasteiger partial charge in [-0.05, 0) is 30.7 Å². The number of nitrogens with zero attached hydrogens (tertiary/aromatic N) is 3. The highest BCUT2D eigenvalue weighted by Crippen LogP contribution is 2.43. The average molecular weight is 450 g/mol. The Labute approximate surface area is 188 Å². The first-order chi connectivity index (χ1) is 15.2. The number of hydrogen-bond donors (Lipinski definition) is 0. The van der Waals surface area contributed by atoms with Crippen LogP contribution in [0.4, 0.5) is 5.69 Å². The third kappa shape index (κ3) is 4.00. The molecule has 156 valence electrons. The summed E-state index contributed by atoms with van der Waals surface area (Å²) in [6.07, 6.45) is 1.58. The van der Waals surface area contributed by atoms with Gasteiger partial charge in [-0.25, -0.2) is 0 Å². The number of para-hydroxylation sites is 1. The van der Waals surface area contributed by atoms with Crippen molar-refractivity contribution in [3.63, 3.8) is 0 Å². The van der Waals surface area contributed by atoms with E-state index in [1.165, 1.54) is 11.8 Å². The van der Waals surface area contributed by atoms with E-state index in [1.807, 2.05) is 48.2 Å². The highest BCUT2D eigenvalue weighted by molar-refractivity contribution is 8.00. The molecule has 5 rings (SSSR count). The minimum Gasteiger partial charge on any atom is -0.469 e. The van der Waals surface area contributed by atoms with Gasteiger partial charge in [0.25, 0.3) is 11.1 Å². The fourth-order valence-electron chi connectivity index (χ4n) is 3.59. The van der Waals surface area contributed by atoms with E-state index in [1.54, 1.807) is 24.1 Å². The number of rotatable bonds is 5. The second kappa shape index (κ2) is 8.64. The Balaban J connectivity index is 1.37. The zero-order chi connectivity index (χ0) is 21.2. The molecule has 31 heavy (non-hydrogen) atoms. The Morgan fingerprint density at radius 1 is 1.13 bits per heavy atom. The summed E-state index contributed by atoms with van der Waals surface area (Å²) >= 11 is 3.03. The van der Waals surface area contributed by atoms with Gasteiger partial charge in [-0.1, -0.05) is 54.2 Å². The molecule has 4 aromatic rings. The van der Waals surface area contributed by atoms with Crippen LogP contribution in [0.2, 0.25) is 0 Å². The Kier molecular flexibility index (Phi) is 5.57. The van der Waals surface area contributed by atoms with Crippen molar-refractivity contribution in [1.29, 1.82) is 0 Å². The van der Waals surface area contributed by atoms with E-state index in [4.69, 9.17) is 8.83 Å². The van der Waals surface area contributed by atoms with Crippen LogP contribution < -0.4 is 4.90 Å². The second-order valence-electron chi connectivity index (χ2n) is 7.02. The molecule has 6 nitrogen and oxygen atoms in total. The number of anilines is 1. The Morgan fingerprint density at radius 2 is 1.94 bits per heavy atom. The number of furan rings is 1. The fourth-order valence-corrected chi connectivity index (χ4v) is 5.39. The zero-order valence-corrected chi connectivity index (χ0v) is 18.4. The van der Waals surface area contributed by atoms with Crippen LogP contribution >= 0.6 is 23.5 Å². The topological polar surface area (TPSA) is 72.4 Å². The summed E-state index contributed by atoms with van der Waals surface area (Å²) in [6, 6.07) is 20.0. The van der Waals surface area contributed by atoms with Gasteiger partial charge in [0.1, 0.15) is 5.76 Å². The van der Waals surface area contributed by atoms with Crippen molar-refractivity contribution in [3.05, 3.63) is 78.3 Å². The summed E-state index contributed by atoms with van der Waals surface area (Å²) in [6.45, 7) is 1.84. The predicted octanol–water partition coefficient (Wildman–Crippen LogP) is 5.61. The third-order valence-electron chi connectivity index (χ3n) is 5.10. The zero-order valence-electron chi connectivity index (χ0n) is 16.7. The van der Waals surface area contributed by atoms with E-state index < -0.39 is 0 Å². The number of thioether (sulfide) groups is 2. The van der Waals surface area contributed by atoms with Crippen LogP contribution in [0.3, 0.4) is 0 Å². The van der Waals surface area contributed by atoms with Gasteiger partial charge in [0.15, 0.2) is 0 Å². The molecule has 0 saturated carbocycles. The van der Waals surface area contributed by atoms with Gasteiger partial charge in [0.05, 0.1) is 29.3 Å². The van der Waals surface area contributed by atoms with E-state index in [2.05, 4.69) is 28.4 Å². The second-order valence-corrected chi connectivity index (χ2v) is 9.01. The molecular weight excluding hydrogens is 430 g/mol. The highest BCUT2D eigenvalue weighted by atomic mass is 32.2. The van der Waals surface area contributed by atoms with Crippen molar-refractivity contribution in [1.82, 2.24) is 10.2 Å². The van der Waals surface area contributed by atoms with Gasteiger partial charge in [0, 0.05) is 10.6 Å². The quantitative estimate of drug-likeness (QED) is 0.367. The van der Waals surface area contributed by atoms with Gasteiger partial charge in [0.2, 0.25) is 5.91 Å². The molecule has 0 fully saturated rings. The van der Waals surface area contributed by atoms with Crippen LogP contribution in [0, 0.1) is 6.92 Å². The molecule has 0 radical (unpaired) electrons. The largest absolute Gasteiger partial charge is 0.469 e. The predicted molar refractivity (Wildman–Crippen MR) is 121 cm³/mol. The monoisotopic (exact) mass is 449 g/mol. The number of carbonyl (C=O) groups excluding carboxylic acids is 1. The lowest BCUT2D eigenvalue weighted by molar-refractivity contribution is -0.116. The fraction of sp³-hybridized carbons (Fsp3) is 0.174. The van der Waals surface area contributed by atoms with E-state index in [0.717, 1.165) is 27.5 Å². The Morgan fingerprint density at radius 3 is 2.74 bits per heavy atom. The summed E-state index contributed by atoms with van der Waals surface area (Å²) in [7, 11) is 0. The first-order valence-electron chi connectivity index (χ1n) is 9.80. The molecule has 0 saturated heterocycles. The molecule has 0 unspecified atom stereocenters. The summed E-state index contributed by atoms with van der Waals surface area (Å²) in [5, 5.41) is 8.53. The maximum atomic E-state index is 13.4. The molecule has 3 heterocycles. The van der Waals surface area contributed by atoms with Gasteiger partial charge in [-0.3, -0.25) is 4.79 Å². The number of benzene rings is 2. The van der Waals surface area contributed by atoms with E-state index >= 15 is 0 Å². The number of hydrogen-bond acceptors (Lipinski definition) is 7. The van der Waals surface area contributed by atoms with Gasteiger partial charge >= 0.3 is 0 Å². The Bertz CT molecular complexity index is 1210. The molecule has 0 bridgehead atoms.